The van der Waals surface area contributed by atoms with Crippen LogP contribution < -0.4 is 10.1 Å². The van der Waals surface area contributed by atoms with Crippen LogP contribution in [0.4, 0.5) is 5.13 Å². The summed E-state index contributed by atoms with van der Waals surface area (Å²) in [6.07, 6.45) is -0.686. The van der Waals surface area contributed by atoms with Crippen molar-refractivity contribution in [1.29, 1.82) is 0 Å². The third-order valence-electron chi connectivity index (χ3n) is 3.72. The molecule has 1 amide bonds. The van der Waals surface area contributed by atoms with Crippen LogP contribution in [-0.4, -0.2) is 22.2 Å². The molecule has 1 N–H and O–H groups in total. The maximum Gasteiger partial charge on any atom is 0.266 e. The van der Waals surface area contributed by atoms with E-state index in [1.165, 1.54) is 11.3 Å². The number of thioether (sulfide) groups is 1. The first-order valence-electron chi connectivity index (χ1n) is 8.35. The van der Waals surface area contributed by atoms with Crippen molar-refractivity contribution in [2.75, 3.05) is 5.32 Å². The lowest BCUT2D eigenvalue weighted by Gasteiger charge is -2.14. The van der Waals surface area contributed by atoms with Crippen LogP contribution >= 0.6 is 46.3 Å². The van der Waals surface area contributed by atoms with Gasteiger partial charge in [0.05, 0.1) is 0 Å². The van der Waals surface area contributed by atoms with Gasteiger partial charge >= 0.3 is 0 Å². The van der Waals surface area contributed by atoms with Crippen LogP contribution in [0.25, 0.3) is 0 Å². The van der Waals surface area contributed by atoms with Crippen molar-refractivity contribution in [2.45, 2.75) is 30.0 Å². The maximum absolute atomic E-state index is 12.3. The lowest BCUT2D eigenvalue weighted by Crippen LogP contribution is -2.30. The first-order valence-corrected chi connectivity index (χ1v) is 10.9. The first kappa shape index (κ1) is 20.9. The van der Waals surface area contributed by atoms with Crippen molar-refractivity contribution >= 4 is 57.3 Å². The van der Waals surface area contributed by atoms with E-state index in [0.717, 1.165) is 21.2 Å². The molecule has 0 saturated heterocycles. The average Bonchev–Trinajstić information content (AvgIpc) is 3.11. The minimum absolute atomic E-state index is 0.294. The fraction of sp³-hybridized carbons (Fsp3) is 0.211. The predicted octanol–water partition coefficient (Wildman–Crippen LogP) is 5.85. The first-order chi connectivity index (χ1) is 13.4. The van der Waals surface area contributed by atoms with Gasteiger partial charge in [-0.2, -0.15) is 0 Å². The molecular weight excluding hydrogens is 437 g/mol. The van der Waals surface area contributed by atoms with Gasteiger partial charge in [-0.1, -0.05) is 58.4 Å². The number of amides is 1. The Bertz CT molecular complexity index is 964. The van der Waals surface area contributed by atoms with Crippen molar-refractivity contribution in [3.63, 3.8) is 0 Å². The summed E-state index contributed by atoms with van der Waals surface area (Å²) in [6.45, 7) is 3.56. The Morgan fingerprint density at radius 2 is 1.96 bits per heavy atom. The van der Waals surface area contributed by atoms with Crippen molar-refractivity contribution in [1.82, 2.24) is 10.2 Å². The number of halogens is 2. The summed E-state index contributed by atoms with van der Waals surface area (Å²) in [4.78, 5) is 12.3. The van der Waals surface area contributed by atoms with Gasteiger partial charge in [0.15, 0.2) is 10.4 Å². The Hall–Kier alpha value is -1.80. The Kier molecular flexibility index (Phi) is 7.18. The highest BCUT2D eigenvalue weighted by molar-refractivity contribution is 8.00. The maximum atomic E-state index is 12.3. The Balaban J connectivity index is 1.52. The smallest absolute Gasteiger partial charge is 0.266 e. The molecule has 0 saturated carbocycles. The molecule has 9 heteroatoms. The summed E-state index contributed by atoms with van der Waals surface area (Å²) in [5, 5.41) is 12.7. The molecule has 0 bridgehead atoms. The largest absolute Gasteiger partial charge is 0.481 e. The lowest BCUT2D eigenvalue weighted by atomic mass is 10.2. The van der Waals surface area contributed by atoms with Crippen molar-refractivity contribution in [2.24, 2.45) is 0 Å². The van der Waals surface area contributed by atoms with E-state index >= 15 is 0 Å². The van der Waals surface area contributed by atoms with E-state index in [1.807, 2.05) is 31.2 Å². The van der Waals surface area contributed by atoms with E-state index in [9.17, 15) is 4.79 Å². The molecule has 5 nitrogen and oxygen atoms in total. The van der Waals surface area contributed by atoms with E-state index in [1.54, 1.807) is 36.9 Å². The number of ether oxygens (including phenoxy) is 1. The van der Waals surface area contributed by atoms with Crippen LogP contribution in [0.3, 0.4) is 0 Å². The highest BCUT2D eigenvalue weighted by Crippen LogP contribution is 2.29. The average molecular weight is 454 g/mol. The number of benzene rings is 2. The lowest BCUT2D eigenvalue weighted by molar-refractivity contribution is -0.122. The van der Waals surface area contributed by atoms with Crippen molar-refractivity contribution < 1.29 is 9.53 Å². The molecule has 0 fully saturated rings. The second kappa shape index (κ2) is 9.60. The summed E-state index contributed by atoms with van der Waals surface area (Å²) in [5.74, 6) is 1.04. The Morgan fingerprint density at radius 3 is 2.68 bits per heavy atom. The van der Waals surface area contributed by atoms with E-state index in [0.29, 0.717) is 20.9 Å². The van der Waals surface area contributed by atoms with Crippen LogP contribution in [0.15, 0.2) is 46.8 Å². The molecule has 1 heterocycles. The zero-order valence-electron chi connectivity index (χ0n) is 15.1. The predicted molar refractivity (Wildman–Crippen MR) is 116 cm³/mol. The fourth-order valence-corrected chi connectivity index (χ4v) is 4.15. The molecule has 0 radical (unpaired) electrons. The monoisotopic (exact) mass is 453 g/mol. The summed E-state index contributed by atoms with van der Waals surface area (Å²) < 4.78 is 6.45. The van der Waals surface area contributed by atoms with Gasteiger partial charge in [-0.25, -0.2) is 0 Å². The van der Waals surface area contributed by atoms with Gasteiger partial charge in [0.25, 0.3) is 5.91 Å². The van der Waals surface area contributed by atoms with Crippen LogP contribution in [0.2, 0.25) is 10.0 Å². The molecule has 0 aliphatic heterocycles. The molecule has 0 aliphatic carbocycles. The van der Waals surface area contributed by atoms with E-state index in [4.69, 9.17) is 27.9 Å². The zero-order valence-corrected chi connectivity index (χ0v) is 18.3. The van der Waals surface area contributed by atoms with Crippen LogP contribution in [0.5, 0.6) is 5.75 Å². The topological polar surface area (TPSA) is 64.1 Å². The zero-order chi connectivity index (χ0) is 20.1. The second-order valence-electron chi connectivity index (χ2n) is 5.95. The minimum atomic E-state index is -0.686. The molecule has 2 aromatic carbocycles. The molecule has 28 heavy (non-hydrogen) atoms. The van der Waals surface area contributed by atoms with Gasteiger partial charge in [0.1, 0.15) is 5.75 Å². The molecule has 3 rings (SSSR count). The van der Waals surface area contributed by atoms with E-state index < -0.39 is 6.10 Å². The molecule has 146 valence electrons. The molecule has 3 aromatic rings. The number of aryl methyl sites for hydroxylation is 1. The normalized spacial score (nSPS) is 11.9. The number of anilines is 1. The van der Waals surface area contributed by atoms with Gasteiger partial charge in [0.2, 0.25) is 5.13 Å². The number of nitrogens with one attached hydrogen (secondary N) is 1. The number of carbonyl (C=O) groups excluding carboxylic acids is 1. The highest BCUT2D eigenvalue weighted by atomic mass is 35.5. The summed E-state index contributed by atoms with van der Waals surface area (Å²) in [5.41, 5.74) is 2.02. The Morgan fingerprint density at radius 1 is 1.21 bits per heavy atom. The quantitative estimate of drug-likeness (QED) is 0.358. The number of hydrogen-bond donors (Lipinski definition) is 1. The molecule has 1 unspecified atom stereocenters. The third-order valence-corrected chi connectivity index (χ3v) is 6.44. The summed E-state index contributed by atoms with van der Waals surface area (Å²) in [7, 11) is 0. The Labute approximate surface area is 181 Å². The minimum Gasteiger partial charge on any atom is -0.481 e. The number of carbonyl (C=O) groups is 1. The standard InChI is InChI=1S/C19H17Cl2N3O2S2/c1-11-9-15(7-8-16(11)21)26-12(2)17(25)22-18-23-24-19(28-18)27-10-13-3-5-14(20)6-4-13/h3-9,12H,10H2,1-2H3,(H,22,23,25). The SMILES string of the molecule is Cc1cc(OC(C)C(=O)Nc2nnc(SCc3ccc(Cl)cc3)s2)ccc1Cl. The van der Waals surface area contributed by atoms with Crippen LogP contribution in [0, 0.1) is 6.92 Å². The molecular formula is C19H17Cl2N3O2S2. The van der Waals surface area contributed by atoms with Crippen LogP contribution in [-0.2, 0) is 10.5 Å². The molecule has 1 atom stereocenters. The van der Waals surface area contributed by atoms with Gasteiger partial charge in [0, 0.05) is 15.8 Å². The molecule has 0 aliphatic rings. The number of rotatable bonds is 7. The fourth-order valence-electron chi connectivity index (χ4n) is 2.20. The second-order valence-corrected chi connectivity index (χ2v) is 8.99. The summed E-state index contributed by atoms with van der Waals surface area (Å²) in [6, 6.07) is 12.9. The van der Waals surface area contributed by atoms with E-state index in [2.05, 4.69) is 15.5 Å². The van der Waals surface area contributed by atoms with Gasteiger partial charge < -0.3 is 4.74 Å². The van der Waals surface area contributed by atoms with Crippen molar-refractivity contribution in [3.05, 3.63) is 63.6 Å². The summed E-state index contributed by atoms with van der Waals surface area (Å²) >= 11 is 14.8. The molecule has 1 aromatic heterocycles. The van der Waals surface area contributed by atoms with Gasteiger partial charge in [-0.05, 0) is 55.3 Å². The number of aromatic nitrogens is 2. The van der Waals surface area contributed by atoms with Crippen LogP contribution in [0.1, 0.15) is 18.1 Å². The van der Waals surface area contributed by atoms with Gasteiger partial charge in [-0.3, -0.25) is 10.1 Å². The van der Waals surface area contributed by atoms with Gasteiger partial charge in [-0.15, -0.1) is 10.2 Å². The highest BCUT2D eigenvalue weighted by Gasteiger charge is 2.17. The van der Waals surface area contributed by atoms with Crippen molar-refractivity contribution in [3.8, 4) is 5.75 Å². The van der Waals surface area contributed by atoms with E-state index in [-0.39, 0.29) is 5.91 Å². The molecule has 0 spiro atoms. The number of nitrogens with zero attached hydrogens (tertiary/aromatic N) is 2. The third kappa shape index (κ3) is 5.85. The number of hydrogen-bond acceptors (Lipinski definition) is 6.